The minimum atomic E-state index is -0.0585. The quantitative estimate of drug-likeness (QED) is 0.549. The zero-order chi connectivity index (χ0) is 16.4. The second-order valence-corrected chi connectivity index (χ2v) is 6.13. The number of para-hydroxylation sites is 2. The van der Waals surface area contributed by atoms with Crippen LogP contribution in [-0.4, -0.2) is 9.55 Å². The summed E-state index contributed by atoms with van der Waals surface area (Å²) >= 11 is 1.64. The third kappa shape index (κ3) is 2.68. The number of benzene rings is 2. The lowest BCUT2D eigenvalue weighted by Gasteiger charge is -2.11. The van der Waals surface area contributed by atoms with Gasteiger partial charge < -0.3 is 0 Å². The van der Waals surface area contributed by atoms with Gasteiger partial charge in [0.1, 0.15) is 5.82 Å². The van der Waals surface area contributed by atoms with Crippen LogP contribution in [0.5, 0.6) is 0 Å². The van der Waals surface area contributed by atoms with Crippen LogP contribution in [0.15, 0.2) is 76.2 Å². The Morgan fingerprint density at radius 2 is 1.71 bits per heavy atom. The molecular formula is C20H14N2OS. The molecule has 0 aliphatic rings. The summed E-state index contributed by atoms with van der Waals surface area (Å²) in [6.07, 6.45) is 3.87. The van der Waals surface area contributed by atoms with Crippen molar-refractivity contribution in [2.45, 2.75) is 0 Å². The van der Waals surface area contributed by atoms with Crippen molar-refractivity contribution in [3.63, 3.8) is 0 Å². The van der Waals surface area contributed by atoms with Crippen molar-refractivity contribution < 1.29 is 0 Å². The lowest BCUT2D eigenvalue weighted by atomic mass is 10.2. The van der Waals surface area contributed by atoms with Gasteiger partial charge in [-0.3, -0.25) is 9.36 Å². The number of rotatable bonds is 3. The molecule has 4 aromatic rings. The Hall–Kier alpha value is -2.98. The van der Waals surface area contributed by atoms with E-state index < -0.39 is 0 Å². The summed E-state index contributed by atoms with van der Waals surface area (Å²) in [5, 5.41) is 4.70. The Bertz CT molecular complexity index is 1060. The molecular weight excluding hydrogens is 316 g/mol. The first-order valence-electron chi connectivity index (χ1n) is 7.60. The van der Waals surface area contributed by atoms with Crippen LogP contribution < -0.4 is 5.56 Å². The largest absolute Gasteiger partial charge is 0.268 e. The molecule has 0 atom stereocenters. The summed E-state index contributed by atoms with van der Waals surface area (Å²) in [6.45, 7) is 0. The third-order valence-electron chi connectivity index (χ3n) is 3.78. The molecule has 0 saturated carbocycles. The first-order chi connectivity index (χ1) is 11.8. The van der Waals surface area contributed by atoms with E-state index in [9.17, 15) is 4.79 Å². The van der Waals surface area contributed by atoms with Crippen molar-refractivity contribution in [3.8, 4) is 5.69 Å². The van der Waals surface area contributed by atoms with Crippen molar-refractivity contribution in [1.82, 2.24) is 9.55 Å². The van der Waals surface area contributed by atoms with Gasteiger partial charge in [-0.15, -0.1) is 0 Å². The highest BCUT2D eigenvalue weighted by molar-refractivity contribution is 7.08. The smallest absolute Gasteiger partial charge is 0.266 e. The maximum Gasteiger partial charge on any atom is 0.266 e. The highest BCUT2D eigenvalue weighted by Crippen LogP contribution is 2.16. The molecule has 0 unspecified atom stereocenters. The third-order valence-corrected chi connectivity index (χ3v) is 4.49. The molecule has 2 heterocycles. The number of hydrogen-bond acceptors (Lipinski definition) is 3. The van der Waals surface area contributed by atoms with E-state index in [4.69, 9.17) is 4.98 Å². The van der Waals surface area contributed by atoms with E-state index in [1.54, 1.807) is 15.9 Å². The summed E-state index contributed by atoms with van der Waals surface area (Å²) < 4.78 is 1.66. The highest BCUT2D eigenvalue weighted by atomic mass is 32.1. The fourth-order valence-corrected chi connectivity index (χ4v) is 3.26. The van der Waals surface area contributed by atoms with E-state index in [1.165, 1.54) is 0 Å². The van der Waals surface area contributed by atoms with Crippen LogP contribution in [0.4, 0.5) is 0 Å². The lowest BCUT2D eigenvalue weighted by Crippen LogP contribution is -2.22. The summed E-state index contributed by atoms with van der Waals surface area (Å²) in [6, 6.07) is 19.1. The standard InChI is InChI=1S/C20H14N2OS/c23-20-17-8-4-5-9-18(17)21-19(11-10-15-12-13-24-14-15)22(20)16-6-2-1-3-7-16/h1-14H/b11-10+. The molecule has 0 aliphatic heterocycles. The second kappa shape index (κ2) is 6.26. The fourth-order valence-electron chi connectivity index (χ4n) is 2.63. The van der Waals surface area contributed by atoms with E-state index >= 15 is 0 Å². The van der Waals surface area contributed by atoms with Gasteiger partial charge in [0.25, 0.3) is 5.56 Å². The van der Waals surface area contributed by atoms with Crippen molar-refractivity contribution in [2.75, 3.05) is 0 Å². The Kier molecular flexibility index (Phi) is 3.81. The molecule has 0 amide bonds. The van der Waals surface area contributed by atoms with Crippen LogP contribution in [0.1, 0.15) is 11.4 Å². The van der Waals surface area contributed by atoms with Gasteiger partial charge in [0.05, 0.1) is 16.6 Å². The molecule has 2 aromatic carbocycles. The Labute approximate surface area is 143 Å². The van der Waals surface area contributed by atoms with Crippen LogP contribution in [0.3, 0.4) is 0 Å². The van der Waals surface area contributed by atoms with Crippen LogP contribution in [0.25, 0.3) is 28.7 Å². The number of thiophene rings is 1. The van der Waals surface area contributed by atoms with E-state index in [0.29, 0.717) is 16.7 Å². The number of nitrogens with zero attached hydrogens (tertiary/aromatic N) is 2. The van der Waals surface area contributed by atoms with Gasteiger partial charge in [0.2, 0.25) is 0 Å². The van der Waals surface area contributed by atoms with E-state index in [0.717, 1.165) is 11.3 Å². The molecule has 3 nitrogen and oxygen atoms in total. The minimum absolute atomic E-state index is 0.0585. The van der Waals surface area contributed by atoms with Gasteiger partial charge in [-0.25, -0.2) is 4.98 Å². The zero-order valence-corrected chi connectivity index (χ0v) is 13.6. The molecule has 0 N–H and O–H groups in total. The normalized spacial score (nSPS) is 11.3. The Morgan fingerprint density at radius 3 is 2.50 bits per heavy atom. The molecule has 0 fully saturated rings. The van der Waals surface area contributed by atoms with Crippen LogP contribution in [-0.2, 0) is 0 Å². The lowest BCUT2D eigenvalue weighted by molar-refractivity contribution is 0.944. The molecule has 0 radical (unpaired) electrons. The molecule has 24 heavy (non-hydrogen) atoms. The molecule has 0 spiro atoms. The Balaban J connectivity index is 1.98. The first kappa shape index (κ1) is 14.6. The maximum atomic E-state index is 13.0. The zero-order valence-electron chi connectivity index (χ0n) is 12.8. The topological polar surface area (TPSA) is 34.9 Å². The molecule has 0 saturated heterocycles. The SMILES string of the molecule is O=c1c2ccccc2nc(/C=C/c2ccsc2)n1-c1ccccc1. The summed E-state index contributed by atoms with van der Waals surface area (Å²) in [5.41, 5.74) is 2.56. The van der Waals surface area contributed by atoms with Crippen molar-refractivity contribution in [3.05, 3.63) is 93.2 Å². The van der Waals surface area contributed by atoms with Crippen molar-refractivity contribution in [2.24, 2.45) is 0 Å². The number of hydrogen-bond donors (Lipinski definition) is 0. The van der Waals surface area contributed by atoms with Gasteiger partial charge in [0.15, 0.2) is 0 Å². The first-order valence-corrected chi connectivity index (χ1v) is 8.55. The minimum Gasteiger partial charge on any atom is -0.268 e. The van der Waals surface area contributed by atoms with Crippen molar-refractivity contribution in [1.29, 1.82) is 0 Å². The van der Waals surface area contributed by atoms with Gasteiger partial charge in [-0.05, 0) is 52.7 Å². The highest BCUT2D eigenvalue weighted by Gasteiger charge is 2.10. The van der Waals surface area contributed by atoms with Gasteiger partial charge in [-0.2, -0.15) is 11.3 Å². The molecule has 4 rings (SSSR count). The summed E-state index contributed by atoms with van der Waals surface area (Å²) in [7, 11) is 0. The molecule has 116 valence electrons. The maximum absolute atomic E-state index is 13.0. The van der Waals surface area contributed by atoms with Crippen LogP contribution in [0, 0.1) is 0 Å². The Morgan fingerprint density at radius 1 is 0.917 bits per heavy atom. The second-order valence-electron chi connectivity index (χ2n) is 5.35. The number of aromatic nitrogens is 2. The van der Waals surface area contributed by atoms with Gasteiger partial charge in [0, 0.05) is 0 Å². The molecule has 0 aliphatic carbocycles. The van der Waals surface area contributed by atoms with Gasteiger partial charge >= 0.3 is 0 Å². The molecule has 0 bridgehead atoms. The predicted octanol–water partition coefficient (Wildman–Crippen LogP) is 4.62. The van der Waals surface area contributed by atoms with E-state index in [1.807, 2.05) is 78.2 Å². The van der Waals surface area contributed by atoms with E-state index in [2.05, 4.69) is 5.38 Å². The number of fused-ring (bicyclic) bond motifs is 1. The summed E-state index contributed by atoms with van der Waals surface area (Å²) in [5.74, 6) is 0.621. The molecule has 2 aromatic heterocycles. The summed E-state index contributed by atoms with van der Waals surface area (Å²) in [4.78, 5) is 17.7. The van der Waals surface area contributed by atoms with Gasteiger partial charge in [-0.1, -0.05) is 36.4 Å². The predicted molar refractivity (Wildman–Crippen MR) is 101 cm³/mol. The van der Waals surface area contributed by atoms with Crippen LogP contribution in [0.2, 0.25) is 0 Å². The average Bonchev–Trinajstić information content (AvgIpc) is 3.14. The average molecular weight is 330 g/mol. The fraction of sp³-hybridized carbons (Fsp3) is 0. The van der Waals surface area contributed by atoms with Crippen molar-refractivity contribution >= 4 is 34.4 Å². The molecule has 4 heteroatoms. The van der Waals surface area contributed by atoms with Crippen LogP contribution >= 0.6 is 11.3 Å². The van der Waals surface area contributed by atoms with E-state index in [-0.39, 0.29) is 5.56 Å². The monoisotopic (exact) mass is 330 g/mol.